The summed E-state index contributed by atoms with van der Waals surface area (Å²) in [5, 5.41) is 4.81. The molecule has 180 valence electrons. The Labute approximate surface area is 207 Å². The maximum Gasteiger partial charge on any atom is 0.363 e. The standard InChI is InChI=1S/C24H21ClN4O5S/c1-16-20(22(25)29(27-16)18-5-3-2-4-6-18)15-21-24(30)34-23(26-21)17-7-9-19(10-8-17)35(31,32)28-11-13-33-14-12-28/h2-10,15H,11-14H2,1H3/b21-15+. The SMILES string of the molecule is Cc1nn(-c2ccccc2)c(Cl)c1/C=C1/N=C(c2ccc(S(=O)(=O)N3CCOCC3)cc2)OC1=O. The van der Waals surface area contributed by atoms with Crippen molar-refractivity contribution < 1.29 is 22.7 Å². The quantitative estimate of drug-likeness (QED) is 0.384. The van der Waals surface area contributed by atoms with Gasteiger partial charge in [0, 0.05) is 24.2 Å². The molecule has 1 saturated heterocycles. The van der Waals surface area contributed by atoms with Crippen molar-refractivity contribution >= 4 is 39.6 Å². The van der Waals surface area contributed by atoms with Gasteiger partial charge in [-0.2, -0.15) is 9.40 Å². The molecule has 0 amide bonds. The highest BCUT2D eigenvalue weighted by Crippen LogP contribution is 2.28. The number of esters is 1. The summed E-state index contributed by atoms with van der Waals surface area (Å²) in [5.41, 5.74) is 2.52. The second kappa shape index (κ2) is 9.38. The number of carbonyl (C=O) groups excluding carboxylic acids is 1. The van der Waals surface area contributed by atoms with Crippen LogP contribution < -0.4 is 0 Å². The normalized spacial score (nSPS) is 18.1. The molecule has 11 heteroatoms. The van der Waals surface area contributed by atoms with E-state index >= 15 is 0 Å². The fourth-order valence-electron chi connectivity index (χ4n) is 3.79. The summed E-state index contributed by atoms with van der Waals surface area (Å²) in [6, 6.07) is 15.5. The molecular weight excluding hydrogens is 492 g/mol. The molecule has 2 aromatic carbocycles. The van der Waals surface area contributed by atoms with Gasteiger partial charge in [-0.1, -0.05) is 29.8 Å². The highest BCUT2D eigenvalue weighted by atomic mass is 35.5. The number of sulfonamides is 1. The Morgan fingerprint density at radius 1 is 1.03 bits per heavy atom. The number of ether oxygens (including phenoxy) is 2. The lowest BCUT2D eigenvalue weighted by atomic mass is 10.2. The first-order chi connectivity index (χ1) is 16.8. The van der Waals surface area contributed by atoms with Gasteiger partial charge in [-0.15, -0.1) is 0 Å². The van der Waals surface area contributed by atoms with E-state index in [4.69, 9.17) is 21.1 Å². The monoisotopic (exact) mass is 512 g/mol. The predicted molar refractivity (Wildman–Crippen MR) is 130 cm³/mol. The summed E-state index contributed by atoms with van der Waals surface area (Å²) in [6.45, 7) is 3.15. The van der Waals surface area contributed by atoms with Crippen LogP contribution in [0.4, 0.5) is 0 Å². The molecule has 1 aromatic heterocycles. The fraction of sp³-hybridized carbons (Fsp3) is 0.208. The minimum atomic E-state index is -3.62. The summed E-state index contributed by atoms with van der Waals surface area (Å²) >= 11 is 6.55. The number of carbonyl (C=O) groups is 1. The zero-order valence-corrected chi connectivity index (χ0v) is 20.3. The molecule has 0 bridgehead atoms. The number of hydrogen-bond acceptors (Lipinski definition) is 7. The lowest BCUT2D eigenvalue weighted by molar-refractivity contribution is -0.129. The summed E-state index contributed by atoms with van der Waals surface area (Å²) in [7, 11) is -3.62. The summed E-state index contributed by atoms with van der Waals surface area (Å²) in [6.07, 6.45) is 1.54. The molecule has 35 heavy (non-hydrogen) atoms. The van der Waals surface area contributed by atoms with E-state index in [9.17, 15) is 13.2 Å². The van der Waals surface area contributed by atoms with Gasteiger partial charge < -0.3 is 9.47 Å². The second-order valence-electron chi connectivity index (χ2n) is 7.91. The molecule has 5 rings (SSSR count). The van der Waals surface area contributed by atoms with Crippen molar-refractivity contribution in [2.24, 2.45) is 4.99 Å². The number of hydrogen-bond donors (Lipinski definition) is 0. The minimum Gasteiger partial charge on any atom is -0.402 e. The van der Waals surface area contributed by atoms with Gasteiger partial charge in [0.05, 0.1) is 29.5 Å². The highest BCUT2D eigenvalue weighted by molar-refractivity contribution is 7.89. The largest absolute Gasteiger partial charge is 0.402 e. The summed E-state index contributed by atoms with van der Waals surface area (Å²) < 4.78 is 39.2. The Morgan fingerprint density at radius 2 is 1.71 bits per heavy atom. The number of halogens is 1. The van der Waals surface area contributed by atoms with E-state index in [1.165, 1.54) is 22.5 Å². The third kappa shape index (κ3) is 4.53. The fourth-order valence-corrected chi connectivity index (χ4v) is 5.52. The van der Waals surface area contributed by atoms with Gasteiger partial charge in [0.1, 0.15) is 5.15 Å². The van der Waals surface area contributed by atoms with Crippen molar-refractivity contribution in [3.8, 4) is 5.69 Å². The van der Waals surface area contributed by atoms with Crippen LogP contribution in [0.1, 0.15) is 16.8 Å². The van der Waals surface area contributed by atoms with Crippen molar-refractivity contribution in [1.29, 1.82) is 0 Å². The number of benzene rings is 2. The topological polar surface area (TPSA) is 103 Å². The van der Waals surface area contributed by atoms with Crippen LogP contribution in [0.3, 0.4) is 0 Å². The molecule has 3 aromatic rings. The van der Waals surface area contributed by atoms with E-state index in [0.29, 0.717) is 48.3 Å². The average molecular weight is 513 g/mol. The Bertz CT molecular complexity index is 1440. The lowest BCUT2D eigenvalue weighted by Crippen LogP contribution is -2.40. The molecule has 2 aliphatic heterocycles. The first-order valence-corrected chi connectivity index (χ1v) is 12.7. The molecule has 2 aliphatic rings. The number of aryl methyl sites for hydroxylation is 1. The van der Waals surface area contributed by atoms with E-state index in [1.807, 2.05) is 30.3 Å². The summed E-state index contributed by atoms with van der Waals surface area (Å²) in [5.74, 6) is -0.547. The Balaban J connectivity index is 1.41. The van der Waals surface area contributed by atoms with E-state index < -0.39 is 16.0 Å². The number of aromatic nitrogens is 2. The van der Waals surface area contributed by atoms with Crippen LogP contribution in [0, 0.1) is 6.92 Å². The van der Waals surface area contributed by atoms with Gasteiger partial charge in [-0.05, 0) is 49.4 Å². The molecule has 0 unspecified atom stereocenters. The number of cyclic esters (lactones) is 1. The Hall–Kier alpha value is -3.31. The molecule has 1 fully saturated rings. The molecule has 0 aliphatic carbocycles. The molecule has 0 N–H and O–H groups in total. The van der Waals surface area contributed by atoms with Crippen LogP contribution in [-0.4, -0.2) is 60.7 Å². The van der Waals surface area contributed by atoms with Crippen LogP contribution in [-0.2, 0) is 24.3 Å². The number of aliphatic imine (C=N–C) groups is 1. The number of morpholine rings is 1. The van der Waals surface area contributed by atoms with E-state index in [1.54, 1.807) is 23.7 Å². The van der Waals surface area contributed by atoms with Gasteiger partial charge in [0.15, 0.2) is 5.70 Å². The summed E-state index contributed by atoms with van der Waals surface area (Å²) in [4.78, 5) is 17.0. The van der Waals surface area contributed by atoms with Crippen molar-refractivity contribution in [3.63, 3.8) is 0 Å². The third-order valence-corrected chi connectivity index (χ3v) is 7.94. The van der Waals surface area contributed by atoms with Gasteiger partial charge in [0.2, 0.25) is 15.9 Å². The molecule has 0 radical (unpaired) electrons. The van der Waals surface area contributed by atoms with Crippen LogP contribution in [0.15, 0.2) is 70.2 Å². The number of nitrogens with zero attached hydrogens (tertiary/aromatic N) is 4. The molecule has 0 atom stereocenters. The van der Waals surface area contributed by atoms with Gasteiger partial charge in [-0.3, -0.25) is 0 Å². The van der Waals surface area contributed by atoms with Gasteiger partial charge in [-0.25, -0.2) is 22.9 Å². The Morgan fingerprint density at radius 3 is 2.40 bits per heavy atom. The number of para-hydroxylation sites is 1. The zero-order chi connectivity index (χ0) is 24.6. The highest BCUT2D eigenvalue weighted by Gasteiger charge is 2.28. The molecule has 9 nitrogen and oxygen atoms in total. The van der Waals surface area contributed by atoms with Gasteiger partial charge >= 0.3 is 5.97 Å². The van der Waals surface area contributed by atoms with E-state index in [0.717, 1.165) is 5.69 Å². The molecule has 0 spiro atoms. The van der Waals surface area contributed by atoms with Crippen molar-refractivity contribution in [1.82, 2.24) is 14.1 Å². The van der Waals surface area contributed by atoms with Crippen LogP contribution >= 0.6 is 11.6 Å². The van der Waals surface area contributed by atoms with Gasteiger partial charge in [0.25, 0.3) is 0 Å². The smallest absolute Gasteiger partial charge is 0.363 e. The lowest BCUT2D eigenvalue weighted by Gasteiger charge is -2.26. The first kappa shape index (κ1) is 23.4. The van der Waals surface area contributed by atoms with Crippen LogP contribution in [0.2, 0.25) is 5.15 Å². The maximum absolute atomic E-state index is 12.8. The van der Waals surface area contributed by atoms with E-state index in [-0.39, 0.29) is 16.5 Å². The average Bonchev–Trinajstić information content (AvgIpc) is 3.39. The first-order valence-electron chi connectivity index (χ1n) is 10.9. The van der Waals surface area contributed by atoms with Crippen LogP contribution in [0.5, 0.6) is 0 Å². The third-order valence-electron chi connectivity index (χ3n) is 5.66. The van der Waals surface area contributed by atoms with Crippen molar-refractivity contribution in [2.75, 3.05) is 26.3 Å². The van der Waals surface area contributed by atoms with Crippen molar-refractivity contribution in [2.45, 2.75) is 11.8 Å². The maximum atomic E-state index is 12.8. The molecule has 0 saturated carbocycles. The predicted octanol–water partition coefficient (Wildman–Crippen LogP) is 3.20. The number of rotatable bonds is 5. The molecule has 3 heterocycles. The Kier molecular flexibility index (Phi) is 6.28. The van der Waals surface area contributed by atoms with E-state index in [2.05, 4.69) is 10.1 Å². The van der Waals surface area contributed by atoms with Crippen LogP contribution in [0.25, 0.3) is 11.8 Å². The zero-order valence-electron chi connectivity index (χ0n) is 18.7. The second-order valence-corrected chi connectivity index (χ2v) is 10.2. The minimum absolute atomic E-state index is 0.0719. The van der Waals surface area contributed by atoms with Crippen molar-refractivity contribution in [3.05, 3.63) is 82.3 Å². The molecular formula is C24H21ClN4O5S.